The van der Waals surface area contributed by atoms with Gasteiger partial charge in [-0.2, -0.15) is 5.10 Å². The lowest BCUT2D eigenvalue weighted by Crippen LogP contribution is -2.23. The van der Waals surface area contributed by atoms with Crippen LogP contribution in [0.1, 0.15) is 16.2 Å². The largest absolute Gasteiger partial charge is 0.495 e. The summed E-state index contributed by atoms with van der Waals surface area (Å²) in [6.07, 6.45) is 0. The Balaban J connectivity index is 2.36. The number of sulfonamides is 1. The van der Waals surface area contributed by atoms with E-state index in [1.807, 2.05) is 0 Å². The second-order valence-electron chi connectivity index (χ2n) is 5.04. The first-order chi connectivity index (χ1) is 10.8. The van der Waals surface area contributed by atoms with Gasteiger partial charge in [0.2, 0.25) is 10.0 Å². The van der Waals surface area contributed by atoms with Gasteiger partial charge in [-0.15, -0.1) is 0 Å². The summed E-state index contributed by atoms with van der Waals surface area (Å²) >= 11 is 0. The van der Waals surface area contributed by atoms with Gasteiger partial charge in [0.1, 0.15) is 10.6 Å². The van der Waals surface area contributed by atoms with Crippen LogP contribution in [0.2, 0.25) is 0 Å². The molecule has 9 heteroatoms. The topological polar surface area (TPSA) is 104 Å². The summed E-state index contributed by atoms with van der Waals surface area (Å²) in [6.45, 7) is 1.78. The van der Waals surface area contributed by atoms with E-state index < -0.39 is 15.9 Å². The Bertz CT molecular complexity index is 827. The molecule has 0 radical (unpaired) electrons. The molecule has 0 atom stereocenters. The van der Waals surface area contributed by atoms with Gasteiger partial charge in [0, 0.05) is 25.5 Å². The first-order valence-corrected chi connectivity index (χ1v) is 8.13. The minimum Gasteiger partial charge on any atom is -0.495 e. The summed E-state index contributed by atoms with van der Waals surface area (Å²) in [5.41, 5.74) is 1.30. The summed E-state index contributed by atoms with van der Waals surface area (Å²) in [4.78, 5) is 12.1. The highest BCUT2D eigenvalue weighted by Gasteiger charge is 2.23. The number of methoxy groups -OCH3 is 1. The van der Waals surface area contributed by atoms with Crippen LogP contribution >= 0.6 is 0 Å². The molecule has 0 bridgehead atoms. The molecule has 0 fully saturated rings. The third-order valence-electron chi connectivity index (χ3n) is 3.12. The van der Waals surface area contributed by atoms with Crippen molar-refractivity contribution in [2.45, 2.75) is 11.8 Å². The normalized spacial score (nSPS) is 11.5. The van der Waals surface area contributed by atoms with Crippen molar-refractivity contribution in [1.82, 2.24) is 14.5 Å². The van der Waals surface area contributed by atoms with Crippen LogP contribution < -0.4 is 10.1 Å². The van der Waals surface area contributed by atoms with Crippen molar-refractivity contribution < 1.29 is 17.9 Å². The first-order valence-electron chi connectivity index (χ1n) is 6.69. The fourth-order valence-corrected chi connectivity index (χ4v) is 2.96. The summed E-state index contributed by atoms with van der Waals surface area (Å²) < 4.78 is 30.8. The van der Waals surface area contributed by atoms with E-state index in [2.05, 4.69) is 15.5 Å². The van der Waals surface area contributed by atoms with Crippen LogP contribution in [0.3, 0.4) is 0 Å². The van der Waals surface area contributed by atoms with Crippen LogP contribution in [0.25, 0.3) is 0 Å². The number of carbonyl (C=O) groups is 1. The third-order valence-corrected chi connectivity index (χ3v) is 4.95. The number of hydrogen-bond acceptors (Lipinski definition) is 5. The number of amides is 1. The van der Waals surface area contributed by atoms with E-state index in [0.717, 1.165) is 10.00 Å². The van der Waals surface area contributed by atoms with Crippen LogP contribution in [0.15, 0.2) is 29.2 Å². The van der Waals surface area contributed by atoms with Gasteiger partial charge >= 0.3 is 0 Å². The number of aromatic amines is 1. The maximum Gasteiger partial charge on any atom is 0.276 e. The standard InChI is InChI=1S/C14H18N4O4S/c1-9-7-11(17-16-9)14(19)15-10-5-6-12(22-4)13(8-10)23(20,21)18(2)3/h5-8H,1-4H3,(H,15,19)(H,16,17). The lowest BCUT2D eigenvalue weighted by molar-refractivity contribution is 0.102. The minimum atomic E-state index is -3.70. The molecule has 23 heavy (non-hydrogen) atoms. The predicted octanol–water partition coefficient (Wildman–Crippen LogP) is 1.23. The molecule has 1 heterocycles. The summed E-state index contributed by atoms with van der Waals surface area (Å²) in [5.74, 6) is -0.236. The summed E-state index contributed by atoms with van der Waals surface area (Å²) in [6, 6.07) is 5.99. The van der Waals surface area contributed by atoms with Crippen molar-refractivity contribution in [3.8, 4) is 5.75 Å². The molecule has 124 valence electrons. The van der Waals surface area contributed by atoms with Gasteiger partial charge in [-0.05, 0) is 31.2 Å². The Labute approximate surface area is 134 Å². The molecule has 1 aromatic heterocycles. The molecular formula is C14H18N4O4S. The van der Waals surface area contributed by atoms with E-state index in [1.54, 1.807) is 19.1 Å². The summed E-state index contributed by atoms with van der Waals surface area (Å²) in [5, 5.41) is 9.14. The monoisotopic (exact) mass is 338 g/mol. The Morgan fingerprint density at radius 1 is 1.30 bits per heavy atom. The lowest BCUT2D eigenvalue weighted by atomic mass is 10.3. The van der Waals surface area contributed by atoms with Crippen molar-refractivity contribution in [2.75, 3.05) is 26.5 Å². The smallest absolute Gasteiger partial charge is 0.276 e. The SMILES string of the molecule is COc1ccc(NC(=O)c2cc(C)[nH]n2)cc1S(=O)(=O)N(C)C. The molecule has 1 amide bonds. The molecular weight excluding hydrogens is 320 g/mol. The van der Waals surface area contributed by atoms with Crippen molar-refractivity contribution in [3.63, 3.8) is 0 Å². The number of hydrogen-bond donors (Lipinski definition) is 2. The number of benzene rings is 1. The number of aryl methyl sites for hydroxylation is 1. The maximum atomic E-state index is 12.3. The van der Waals surface area contributed by atoms with Crippen molar-refractivity contribution in [1.29, 1.82) is 0 Å². The lowest BCUT2D eigenvalue weighted by Gasteiger charge is -2.15. The van der Waals surface area contributed by atoms with Gasteiger partial charge in [0.15, 0.2) is 5.69 Å². The predicted molar refractivity (Wildman–Crippen MR) is 85.1 cm³/mol. The molecule has 1 aromatic carbocycles. The van der Waals surface area contributed by atoms with Crippen LogP contribution in [0, 0.1) is 6.92 Å². The van der Waals surface area contributed by atoms with Gasteiger partial charge in [-0.3, -0.25) is 9.89 Å². The second-order valence-corrected chi connectivity index (χ2v) is 7.16. The Hall–Kier alpha value is -2.39. The number of ether oxygens (including phenoxy) is 1. The van der Waals surface area contributed by atoms with E-state index in [-0.39, 0.29) is 16.3 Å². The number of rotatable bonds is 5. The average Bonchev–Trinajstić information content (AvgIpc) is 2.93. The van der Waals surface area contributed by atoms with Crippen molar-refractivity contribution in [2.24, 2.45) is 0 Å². The number of nitrogens with zero attached hydrogens (tertiary/aromatic N) is 2. The second kappa shape index (κ2) is 6.39. The zero-order valence-corrected chi connectivity index (χ0v) is 14.1. The number of nitrogens with one attached hydrogen (secondary N) is 2. The van der Waals surface area contributed by atoms with E-state index in [4.69, 9.17) is 4.74 Å². The Morgan fingerprint density at radius 3 is 2.52 bits per heavy atom. The molecule has 8 nitrogen and oxygen atoms in total. The molecule has 0 unspecified atom stereocenters. The molecule has 0 aliphatic rings. The number of carbonyl (C=O) groups excluding carboxylic acids is 1. The zero-order chi connectivity index (χ0) is 17.2. The molecule has 0 spiro atoms. The van der Waals surface area contributed by atoms with Crippen LogP contribution in [0.5, 0.6) is 5.75 Å². The number of aromatic nitrogens is 2. The molecule has 2 aromatic rings. The first kappa shape index (κ1) is 17.0. The van der Waals surface area contributed by atoms with E-state index in [0.29, 0.717) is 5.69 Å². The fraction of sp³-hybridized carbons (Fsp3) is 0.286. The maximum absolute atomic E-state index is 12.3. The average molecular weight is 338 g/mol. The molecule has 2 N–H and O–H groups in total. The highest BCUT2D eigenvalue weighted by atomic mass is 32.2. The molecule has 0 aliphatic carbocycles. The molecule has 0 saturated carbocycles. The van der Waals surface area contributed by atoms with Gasteiger partial charge in [-0.1, -0.05) is 0 Å². The van der Waals surface area contributed by atoms with Crippen molar-refractivity contribution in [3.05, 3.63) is 35.7 Å². The quantitative estimate of drug-likeness (QED) is 0.853. The fourth-order valence-electron chi connectivity index (χ4n) is 1.88. The van der Waals surface area contributed by atoms with Gasteiger partial charge in [-0.25, -0.2) is 12.7 Å². The minimum absolute atomic E-state index is 0.0268. The van der Waals surface area contributed by atoms with E-state index >= 15 is 0 Å². The van der Waals surface area contributed by atoms with Gasteiger partial charge in [0.25, 0.3) is 5.91 Å². The van der Waals surface area contributed by atoms with Gasteiger partial charge < -0.3 is 10.1 Å². The third kappa shape index (κ3) is 3.51. The molecule has 0 aliphatic heterocycles. The van der Waals surface area contributed by atoms with Crippen LogP contribution in [-0.2, 0) is 10.0 Å². The Kier molecular flexibility index (Phi) is 4.71. The number of H-pyrrole nitrogens is 1. The Morgan fingerprint density at radius 2 is 2.00 bits per heavy atom. The molecule has 0 saturated heterocycles. The van der Waals surface area contributed by atoms with Crippen LogP contribution in [0.4, 0.5) is 5.69 Å². The summed E-state index contributed by atoms with van der Waals surface area (Å²) in [7, 11) is 0.527. The highest BCUT2D eigenvalue weighted by molar-refractivity contribution is 7.89. The zero-order valence-electron chi connectivity index (χ0n) is 13.2. The van der Waals surface area contributed by atoms with E-state index in [1.165, 1.54) is 33.3 Å². The van der Waals surface area contributed by atoms with E-state index in [9.17, 15) is 13.2 Å². The highest BCUT2D eigenvalue weighted by Crippen LogP contribution is 2.29. The van der Waals surface area contributed by atoms with Crippen molar-refractivity contribution >= 4 is 21.6 Å². The van der Waals surface area contributed by atoms with Gasteiger partial charge in [0.05, 0.1) is 7.11 Å². The van der Waals surface area contributed by atoms with Crippen LogP contribution in [-0.4, -0.2) is 50.0 Å². The number of anilines is 1. The molecule has 2 rings (SSSR count).